The van der Waals surface area contributed by atoms with Crippen LogP contribution in [0.3, 0.4) is 0 Å². The largest absolute Gasteiger partial charge is 0.354 e. The van der Waals surface area contributed by atoms with Gasteiger partial charge in [-0.25, -0.2) is 8.42 Å². The second kappa shape index (κ2) is 12.6. The molecule has 0 saturated carbocycles. The van der Waals surface area contributed by atoms with E-state index in [4.69, 9.17) is 34.8 Å². The molecule has 2 aromatic rings. The number of benzene rings is 2. The Balaban J connectivity index is 2.39. The molecule has 2 aromatic carbocycles. The van der Waals surface area contributed by atoms with Crippen LogP contribution in [0.2, 0.25) is 15.1 Å². The number of nitrogens with zero attached hydrogens (tertiary/aromatic N) is 2. The fourth-order valence-corrected chi connectivity index (χ4v) is 4.72. The first-order chi connectivity index (χ1) is 15.9. The summed E-state index contributed by atoms with van der Waals surface area (Å²) in [5, 5.41) is 3.68. The molecule has 2 amide bonds. The van der Waals surface area contributed by atoms with Crippen molar-refractivity contribution in [3.8, 4) is 0 Å². The van der Waals surface area contributed by atoms with Gasteiger partial charge in [0.15, 0.2) is 0 Å². The normalized spacial score (nSPS) is 12.2. The van der Waals surface area contributed by atoms with Crippen LogP contribution in [0, 0.1) is 0 Å². The summed E-state index contributed by atoms with van der Waals surface area (Å²) in [7, 11) is -3.91. The van der Waals surface area contributed by atoms with Crippen molar-refractivity contribution in [1.82, 2.24) is 10.2 Å². The zero-order valence-corrected chi connectivity index (χ0v) is 22.3. The Hall–Kier alpha value is -2.00. The van der Waals surface area contributed by atoms with Gasteiger partial charge in [0.25, 0.3) is 0 Å². The molecule has 7 nitrogen and oxygen atoms in total. The second-order valence-corrected chi connectivity index (χ2v) is 11.0. The fraction of sp³-hybridized carbons (Fsp3) is 0.391. The van der Waals surface area contributed by atoms with E-state index in [1.165, 1.54) is 23.1 Å². The van der Waals surface area contributed by atoms with Crippen LogP contribution >= 0.6 is 34.8 Å². The number of halogens is 3. The van der Waals surface area contributed by atoms with E-state index in [2.05, 4.69) is 5.32 Å². The molecule has 0 aliphatic rings. The average Bonchev–Trinajstić information content (AvgIpc) is 2.76. The number of carbonyl (C=O) groups is 2. The third kappa shape index (κ3) is 8.05. The maximum atomic E-state index is 13.5. The number of sulfonamides is 1. The molecule has 0 saturated heterocycles. The molecule has 0 aliphatic carbocycles. The molecule has 1 N–H and O–H groups in total. The molecular formula is C23H28Cl3N3O4S. The number of rotatable bonds is 11. The van der Waals surface area contributed by atoms with Crippen molar-refractivity contribution in [3.63, 3.8) is 0 Å². The molecule has 0 spiro atoms. The first-order valence-corrected chi connectivity index (χ1v) is 13.7. The van der Waals surface area contributed by atoms with Crippen LogP contribution in [0.25, 0.3) is 0 Å². The highest BCUT2D eigenvalue weighted by Gasteiger charge is 2.30. The lowest BCUT2D eigenvalue weighted by Gasteiger charge is -2.31. The van der Waals surface area contributed by atoms with E-state index >= 15 is 0 Å². The Kier molecular flexibility index (Phi) is 10.5. The van der Waals surface area contributed by atoms with Gasteiger partial charge in [0.1, 0.15) is 12.6 Å². The molecule has 0 radical (unpaired) electrons. The van der Waals surface area contributed by atoms with Gasteiger partial charge in [-0.3, -0.25) is 13.9 Å². The predicted molar refractivity (Wildman–Crippen MR) is 138 cm³/mol. The van der Waals surface area contributed by atoms with Crippen LogP contribution in [0.15, 0.2) is 42.5 Å². The Morgan fingerprint density at radius 2 is 1.74 bits per heavy atom. The van der Waals surface area contributed by atoms with Crippen LogP contribution in [0.1, 0.15) is 32.3 Å². The van der Waals surface area contributed by atoms with Crippen molar-refractivity contribution in [1.29, 1.82) is 0 Å². The van der Waals surface area contributed by atoms with Crippen molar-refractivity contribution in [2.24, 2.45) is 0 Å². The molecule has 34 heavy (non-hydrogen) atoms. The number of amides is 2. The summed E-state index contributed by atoms with van der Waals surface area (Å²) in [4.78, 5) is 27.6. The Morgan fingerprint density at radius 3 is 2.35 bits per heavy atom. The highest BCUT2D eigenvalue weighted by atomic mass is 35.5. The van der Waals surface area contributed by atoms with Crippen molar-refractivity contribution in [2.75, 3.05) is 23.7 Å². The van der Waals surface area contributed by atoms with Crippen LogP contribution in [-0.4, -0.2) is 50.5 Å². The molecule has 1 atom stereocenters. The van der Waals surface area contributed by atoms with Crippen molar-refractivity contribution < 1.29 is 18.0 Å². The Labute approximate surface area is 216 Å². The zero-order chi connectivity index (χ0) is 25.5. The second-order valence-electron chi connectivity index (χ2n) is 7.84. The van der Waals surface area contributed by atoms with Gasteiger partial charge in [-0.15, -0.1) is 0 Å². The minimum absolute atomic E-state index is 0.0582. The van der Waals surface area contributed by atoms with Gasteiger partial charge in [0.2, 0.25) is 21.8 Å². The Bertz CT molecular complexity index is 1130. The molecule has 0 fully saturated rings. The zero-order valence-electron chi connectivity index (χ0n) is 19.2. The standard InChI is InChI=1S/C23H28Cl3N3O4S/c1-4-5-11-27-23(31)16(2)28(14-17-7-6-8-18(24)12-17)22(30)15-29(34(3,32)33)21-13-19(25)9-10-20(21)26/h6-10,12-13,16H,4-5,11,14-15H2,1-3H3,(H,27,31)/t16-/m1/s1. The third-order valence-corrected chi connectivity index (χ3v) is 7.01. The SMILES string of the molecule is CCCCNC(=O)[C@@H](C)N(Cc1cccc(Cl)c1)C(=O)CN(c1cc(Cl)ccc1Cl)S(C)(=O)=O. The van der Waals surface area contributed by atoms with E-state index in [0.717, 1.165) is 23.4 Å². The molecule has 2 rings (SSSR count). The van der Waals surface area contributed by atoms with Crippen molar-refractivity contribution in [3.05, 3.63) is 63.1 Å². The third-order valence-electron chi connectivity index (χ3n) is 5.09. The number of hydrogen-bond acceptors (Lipinski definition) is 4. The van der Waals surface area contributed by atoms with Gasteiger partial charge in [-0.05, 0) is 49.2 Å². The first-order valence-electron chi connectivity index (χ1n) is 10.7. The maximum absolute atomic E-state index is 13.5. The number of carbonyl (C=O) groups excluding carboxylic acids is 2. The topological polar surface area (TPSA) is 86.8 Å². The lowest BCUT2D eigenvalue weighted by atomic mass is 10.1. The van der Waals surface area contributed by atoms with Crippen LogP contribution in [0.4, 0.5) is 5.69 Å². The lowest BCUT2D eigenvalue weighted by Crippen LogP contribution is -2.51. The van der Waals surface area contributed by atoms with Gasteiger partial charge in [0, 0.05) is 23.1 Å². The predicted octanol–water partition coefficient (Wildman–Crippen LogP) is 4.75. The van der Waals surface area contributed by atoms with Gasteiger partial charge >= 0.3 is 0 Å². The van der Waals surface area contributed by atoms with Gasteiger partial charge < -0.3 is 10.2 Å². The van der Waals surface area contributed by atoms with E-state index in [9.17, 15) is 18.0 Å². The highest BCUT2D eigenvalue weighted by molar-refractivity contribution is 7.92. The molecule has 0 aliphatic heterocycles. The molecule has 0 unspecified atom stereocenters. The summed E-state index contributed by atoms with van der Waals surface area (Å²) < 4.78 is 26.1. The Morgan fingerprint density at radius 1 is 1.06 bits per heavy atom. The monoisotopic (exact) mass is 547 g/mol. The van der Waals surface area contributed by atoms with E-state index < -0.39 is 28.5 Å². The fourth-order valence-electron chi connectivity index (χ4n) is 3.22. The molecule has 0 aromatic heterocycles. The summed E-state index contributed by atoms with van der Waals surface area (Å²) in [5.74, 6) is -0.921. The van der Waals surface area contributed by atoms with Crippen LogP contribution < -0.4 is 9.62 Å². The number of anilines is 1. The summed E-state index contributed by atoms with van der Waals surface area (Å²) in [6, 6.07) is 10.4. The van der Waals surface area contributed by atoms with Crippen LogP contribution in [0.5, 0.6) is 0 Å². The smallest absolute Gasteiger partial charge is 0.244 e. The molecule has 11 heteroatoms. The summed E-state index contributed by atoms with van der Waals surface area (Å²) in [6.45, 7) is 3.58. The van der Waals surface area contributed by atoms with Crippen molar-refractivity contribution in [2.45, 2.75) is 39.3 Å². The molecular weight excluding hydrogens is 521 g/mol. The van der Waals surface area contributed by atoms with E-state index in [1.807, 2.05) is 6.92 Å². The summed E-state index contributed by atoms with van der Waals surface area (Å²) in [6.07, 6.45) is 2.68. The van der Waals surface area contributed by atoms with E-state index in [0.29, 0.717) is 17.1 Å². The average molecular weight is 549 g/mol. The molecule has 0 heterocycles. The lowest BCUT2D eigenvalue weighted by molar-refractivity contribution is -0.139. The quantitative estimate of drug-likeness (QED) is 0.411. The van der Waals surface area contributed by atoms with Gasteiger partial charge in [-0.1, -0.05) is 60.3 Å². The summed E-state index contributed by atoms with van der Waals surface area (Å²) in [5.41, 5.74) is 0.772. The van der Waals surface area contributed by atoms with Gasteiger partial charge in [-0.2, -0.15) is 0 Å². The van der Waals surface area contributed by atoms with E-state index in [-0.39, 0.29) is 28.2 Å². The highest BCUT2D eigenvalue weighted by Crippen LogP contribution is 2.31. The summed E-state index contributed by atoms with van der Waals surface area (Å²) >= 11 is 18.4. The van der Waals surface area contributed by atoms with Crippen molar-refractivity contribution >= 4 is 62.3 Å². The number of nitrogens with one attached hydrogen (secondary N) is 1. The minimum Gasteiger partial charge on any atom is -0.354 e. The first kappa shape index (κ1) is 28.2. The van der Waals surface area contributed by atoms with Gasteiger partial charge in [0.05, 0.1) is 17.0 Å². The number of hydrogen-bond donors (Lipinski definition) is 1. The maximum Gasteiger partial charge on any atom is 0.244 e. The molecule has 186 valence electrons. The number of unbranched alkanes of at least 4 members (excludes halogenated alkanes) is 1. The minimum atomic E-state index is -3.91. The van der Waals surface area contributed by atoms with Crippen LogP contribution in [-0.2, 0) is 26.2 Å². The van der Waals surface area contributed by atoms with E-state index in [1.54, 1.807) is 31.2 Å². The molecule has 0 bridgehead atoms.